The van der Waals surface area contributed by atoms with Crippen molar-refractivity contribution in [2.24, 2.45) is 0 Å². The Labute approximate surface area is 154 Å². The van der Waals surface area contributed by atoms with Crippen LogP contribution >= 0.6 is 11.8 Å². The van der Waals surface area contributed by atoms with Gasteiger partial charge < -0.3 is 19.7 Å². The maximum atomic E-state index is 12.4. The SMILES string of the molecule is CC(=O)OCC1(OC=O)CS[C@@H]2C(NC(=O)c3ccccc3)C(=O)N2C1. The van der Waals surface area contributed by atoms with Crippen LogP contribution in [0.5, 0.6) is 0 Å². The number of β-lactam (4-membered cyclic amide) rings is 1. The van der Waals surface area contributed by atoms with Gasteiger partial charge in [0.1, 0.15) is 18.0 Å². The first-order valence-electron chi connectivity index (χ1n) is 7.99. The molecule has 2 unspecified atom stereocenters. The smallest absolute Gasteiger partial charge is 0.302 e. The van der Waals surface area contributed by atoms with Crippen molar-refractivity contribution in [3.05, 3.63) is 35.9 Å². The van der Waals surface area contributed by atoms with Crippen molar-refractivity contribution in [2.75, 3.05) is 18.9 Å². The Morgan fingerprint density at radius 3 is 2.77 bits per heavy atom. The predicted molar refractivity (Wildman–Crippen MR) is 92.2 cm³/mol. The van der Waals surface area contributed by atoms with E-state index >= 15 is 0 Å². The van der Waals surface area contributed by atoms with Crippen molar-refractivity contribution in [1.29, 1.82) is 0 Å². The van der Waals surface area contributed by atoms with Gasteiger partial charge in [-0.3, -0.25) is 19.2 Å². The molecule has 2 saturated heterocycles. The van der Waals surface area contributed by atoms with Crippen LogP contribution in [0.25, 0.3) is 0 Å². The highest BCUT2D eigenvalue weighted by Crippen LogP contribution is 2.39. The van der Waals surface area contributed by atoms with Crippen molar-refractivity contribution >= 4 is 36.0 Å². The van der Waals surface area contributed by atoms with Crippen LogP contribution in [-0.4, -0.2) is 65.1 Å². The molecule has 1 N–H and O–H groups in total. The number of thioether (sulfide) groups is 1. The molecule has 0 radical (unpaired) electrons. The van der Waals surface area contributed by atoms with Gasteiger partial charge in [-0.25, -0.2) is 0 Å². The molecular formula is C17H18N2O6S. The van der Waals surface area contributed by atoms with Crippen LogP contribution in [0.1, 0.15) is 17.3 Å². The molecule has 1 aromatic carbocycles. The molecule has 0 aromatic heterocycles. The molecule has 3 atom stereocenters. The Morgan fingerprint density at radius 1 is 1.38 bits per heavy atom. The third kappa shape index (κ3) is 3.52. The zero-order valence-electron chi connectivity index (χ0n) is 14.0. The molecular weight excluding hydrogens is 360 g/mol. The fourth-order valence-corrected chi connectivity index (χ4v) is 4.40. The molecule has 8 nitrogen and oxygen atoms in total. The van der Waals surface area contributed by atoms with E-state index in [2.05, 4.69) is 5.32 Å². The summed E-state index contributed by atoms with van der Waals surface area (Å²) in [5.74, 6) is -0.710. The number of benzene rings is 1. The van der Waals surface area contributed by atoms with Crippen molar-refractivity contribution < 1.29 is 28.7 Å². The maximum Gasteiger partial charge on any atom is 0.302 e. The minimum Gasteiger partial charge on any atom is -0.462 e. The van der Waals surface area contributed by atoms with Crippen LogP contribution in [0.15, 0.2) is 30.3 Å². The van der Waals surface area contributed by atoms with E-state index in [4.69, 9.17) is 9.47 Å². The Bertz CT molecular complexity index is 727. The minimum atomic E-state index is -1.07. The van der Waals surface area contributed by atoms with Crippen molar-refractivity contribution in [2.45, 2.75) is 23.9 Å². The van der Waals surface area contributed by atoms with Crippen LogP contribution in [0, 0.1) is 0 Å². The van der Waals surface area contributed by atoms with Gasteiger partial charge >= 0.3 is 5.97 Å². The lowest BCUT2D eigenvalue weighted by atomic mass is 9.99. The number of hydrogen-bond acceptors (Lipinski definition) is 7. The van der Waals surface area contributed by atoms with E-state index in [1.54, 1.807) is 30.3 Å². The molecule has 138 valence electrons. The minimum absolute atomic E-state index is 0.118. The van der Waals surface area contributed by atoms with Gasteiger partial charge in [0, 0.05) is 18.2 Å². The highest BCUT2D eigenvalue weighted by molar-refractivity contribution is 8.00. The summed E-state index contributed by atoms with van der Waals surface area (Å²) in [6.07, 6.45) is 0. The second kappa shape index (κ2) is 7.36. The van der Waals surface area contributed by atoms with Crippen LogP contribution in [0.4, 0.5) is 0 Å². The van der Waals surface area contributed by atoms with Gasteiger partial charge in [0.05, 0.1) is 6.54 Å². The van der Waals surface area contributed by atoms with Gasteiger partial charge in [0.25, 0.3) is 12.4 Å². The zero-order chi connectivity index (χ0) is 18.7. The molecule has 2 fully saturated rings. The summed E-state index contributed by atoms with van der Waals surface area (Å²) < 4.78 is 10.1. The summed E-state index contributed by atoms with van der Waals surface area (Å²) >= 11 is 1.38. The first kappa shape index (κ1) is 18.2. The Morgan fingerprint density at radius 2 is 2.12 bits per heavy atom. The molecule has 0 aliphatic carbocycles. The van der Waals surface area contributed by atoms with Gasteiger partial charge in [-0.05, 0) is 12.1 Å². The van der Waals surface area contributed by atoms with E-state index in [1.807, 2.05) is 0 Å². The van der Waals surface area contributed by atoms with Crippen molar-refractivity contribution in [3.63, 3.8) is 0 Å². The molecule has 0 saturated carbocycles. The van der Waals surface area contributed by atoms with Crippen LogP contribution in [0.2, 0.25) is 0 Å². The number of fused-ring (bicyclic) bond motifs is 1. The van der Waals surface area contributed by atoms with E-state index in [0.717, 1.165) is 0 Å². The fraction of sp³-hybridized carbons (Fsp3) is 0.412. The molecule has 26 heavy (non-hydrogen) atoms. The van der Waals surface area contributed by atoms with Gasteiger partial charge in [-0.2, -0.15) is 0 Å². The van der Waals surface area contributed by atoms with Gasteiger partial charge in [-0.1, -0.05) is 18.2 Å². The predicted octanol–water partition coefficient (Wildman–Crippen LogP) is 0.175. The first-order valence-corrected chi connectivity index (χ1v) is 9.03. The normalized spacial score (nSPS) is 27.0. The highest BCUT2D eigenvalue weighted by Gasteiger charge is 2.56. The number of amides is 2. The number of ether oxygens (including phenoxy) is 2. The lowest BCUT2D eigenvalue weighted by Gasteiger charge is -2.53. The molecule has 0 bridgehead atoms. The Balaban J connectivity index is 1.64. The average Bonchev–Trinajstić information content (AvgIpc) is 2.65. The van der Waals surface area contributed by atoms with Crippen LogP contribution < -0.4 is 5.32 Å². The zero-order valence-corrected chi connectivity index (χ0v) is 14.9. The van der Waals surface area contributed by atoms with Gasteiger partial charge in [0.2, 0.25) is 5.91 Å². The first-order chi connectivity index (χ1) is 12.5. The highest BCUT2D eigenvalue weighted by atomic mass is 32.2. The number of rotatable bonds is 6. The summed E-state index contributed by atoms with van der Waals surface area (Å²) in [7, 11) is 0. The maximum absolute atomic E-state index is 12.4. The fourth-order valence-electron chi connectivity index (χ4n) is 2.95. The molecule has 0 spiro atoms. The number of nitrogens with zero attached hydrogens (tertiary/aromatic N) is 1. The number of hydrogen-bond donors (Lipinski definition) is 1. The molecule has 9 heteroatoms. The quantitative estimate of drug-likeness (QED) is 0.428. The molecule has 1 aromatic rings. The largest absolute Gasteiger partial charge is 0.462 e. The standard InChI is InChI=1S/C17H18N2O6S/c1-11(21)24-8-17(25-10-20)7-19-15(23)13(16(19)26-9-17)18-14(22)12-5-3-2-4-6-12/h2-6,10,13,16H,7-9H2,1H3,(H,18,22)/t13?,16-,17?/m1/s1. The molecule has 2 amide bonds. The van der Waals surface area contributed by atoms with Crippen molar-refractivity contribution in [3.8, 4) is 0 Å². The lowest BCUT2D eigenvalue weighted by molar-refractivity contribution is -0.169. The van der Waals surface area contributed by atoms with Crippen LogP contribution in [-0.2, 0) is 23.9 Å². The van der Waals surface area contributed by atoms with Crippen molar-refractivity contribution in [1.82, 2.24) is 10.2 Å². The van der Waals surface area contributed by atoms with Gasteiger partial charge in [0.15, 0.2) is 5.60 Å². The second-order valence-corrected chi connectivity index (χ2v) is 7.27. The topological polar surface area (TPSA) is 102 Å². The van der Waals surface area contributed by atoms with E-state index in [-0.39, 0.29) is 30.3 Å². The van der Waals surface area contributed by atoms with Crippen LogP contribution in [0.3, 0.4) is 0 Å². The summed E-state index contributed by atoms with van der Waals surface area (Å²) in [5, 5.41) is 2.50. The summed E-state index contributed by atoms with van der Waals surface area (Å²) in [6.45, 7) is 1.56. The van der Waals surface area contributed by atoms with E-state index in [0.29, 0.717) is 17.8 Å². The molecule has 3 rings (SSSR count). The molecule has 2 aliphatic heterocycles. The van der Waals surface area contributed by atoms with E-state index < -0.39 is 17.6 Å². The summed E-state index contributed by atoms with van der Waals surface area (Å²) in [4.78, 5) is 48.1. The number of carbonyl (C=O) groups is 4. The van der Waals surface area contributed by atoms with E-state index in [9.17, 15) is 19.2 Å². The molecule has 2 heterocycles. The number of esters is 1. The van der Waals surface area contributed by atoms with E-state index in [1.165, 1.54) is 23.6 Å². The number of carbonyl (C=O) groups excluding carboxylic acids is 4. The average molecular weight is 378 g/mol. The Hall–Kier alpha value is -2.55. The third-order valence-electron chi connectivity index (χ3n) is 4.28. The number of nitrogens with one attached hydrogen (secondary N) is 1. The second-order valence-electron chi connectivity index (χ2n) is 6.16. The lowest BCUT2D eigenvalue weighted by Crippen LogP contribution is -2.75. The summed E-state index contributed by atoms with van der Waals surface area (Å²) in [6, 6.07) is 8.02. The Kier molecular flexibility index (Phi) is 5.17. The van der Waals surface area contributed by atoms with Gasteiger partial charge in [-0.15, -0.1) is 11.8 Å². The monoisotopic (exact) mass is 378 g/mol. The third-order valence-corrected chi connectivity index (χ3v) is 5.84. The summed E-state index contributed by atoms with van der Waals surface area (Å²) in [5.41, 5.74) is -0.591. The molecule has 2 aliphatic rings.